The lowest BCUT2D eigenvalue weighted by atomic mass is 10.0. The molecule has 0 fully saturated rings. The van der Waals surface area contributed by atoms with Gasteiger partial charge in [0.15, 0.2) is 0 Å². The number of nitrogens with zero attached hydrogens (tertiary/aromatic N) is 1. The van der Waals surface area contributed by atoms with Crippen LogP contribution in [0.1, 0.15) is 30.1 Å². The van der Waals surface area contributed by atoms with Crippen molar-refractivity contribution in [1.29, 1.82) is 0 Å². The third kappa shape index (κ3) is 4.12. The van der Waals surface area contributed by atoms with Gasteiger partial charge in [0.2, 0.25) is 5.95 Å². The van der Waals surface area contributed by atoms with E-state index < -0.39 is 23.7 Å². The monoisotopic (exact) mass is 254 g/mol. The van der Waals surface area contributed by atoms with Crippen molar-refractivity contribution in [3.63, 3.8) is 0 Å². The third-order valence-electron chi connectivity index (χ3n) is 2.48. The van der Waals surface area contributed by atoms with E-state index in [4.69, 9.17) is 5.11 Å². The molecule has 2 N–H and O–H groups in total. The van der Waals surface area contributed by atoms with Crippen molar-refractivity contribution in [3.05, 3.63) is 29.8 Å². The molecule has 0 aliphatic rings. The molecule has 0 bridgehead atoms. The molecule has 0 aliphatic heterocycles. The van der Waals surface area contributed by atoms with Crippen LogP contribution in [-0.2, 0) is 4.79 Å². The number of carbonyl (C=O) groups is 2. The molecule has 1 atom stereocenters. The van der Waals surface area contributed by atoms with Crippen molar-refractivity contribution in [2.45, 2.75) is 19.8 Å². The first-order valence-electron chi connectivity index (χ1n) is 5.67. The minimum Gasteiger partial charge on any atom is -0.481 e. The highest BCUT2D eigenvalue weighted by atomic mass is 19.1. The van der Waals surface area contributed by atoms with E-state index in [1.165, 1.54) is 12.3 Å². The Balaban J connectivity index is 2.57. The van der Waals surface area contributed by atoms with Crippen LogP contribution in [0, 0.1) is 11.9 Å². The number of carbonyl (C=O) groups excluding carboxylic acids is 1. The molecule has 0 saturated heterocycles. The summed E-state index contributed by atoms with van der Waals surface area (Å²) in [5.74, 6) is -2.81. The molecule has 18 heavy (non-hydrogen) atoms. The SMILES string of the molecule is CCCC(CNC(=O)c1ccnc(F)c1)C(=O)O. The second-order valence-electron chi connectivity index (χ2n) is 3.90. The highest BCUT2D eigenvalue weighted by molar-refractivity contribution is 5.94. The zero-order valence-electron chi connectivity index (χ0n) is 10.0. The summed E-state index contributed by atoms with van der Waals surface area (Å²) in [5.41, 5.74) is 0.128. The van der Waals surface area contributed by atoms with Gasteiger partial charge in [-0.3, -0.25) is 9.59 Å². The first kappa shape index (κ1) is 14.1. The van der Waals surface area contributed by atoms with Crippen molar-refractivity contribution < 1.29 is 19.1 Å². The Labute approximate surface area is 104 Å². The summed E-state index contributed by atoms with van der Waals surface area (Å²) in [4.78, 5) is 25.8. The van der Waals surface area contributed by atoms with Crippen molar-refractivity contribution in [3.8, 4) is 0 Å². The summed E-state index contributed by atoms with van der Waals surface area (Å²) >= 11 is 0. The maximum Gasteiger partial charge on any atom is 0.308 e. The van der Waals surface area contributed by atoms with E-state index in [9.17, 15) is 14.0 Å². The molecule has 5 nitrogen and oxygen atoms in total. The maximum absolute atomic E-state index is 12.8. The summed E-state index contributed by atoms with van der Waals surface area (Å²) in [6, 6.07) is 2.37. The van der Waals surface area contributed by atoms with Gasteiger partial charge in [-0.1, -0.05) is 13.3 Å². The smallest absolute Gasteiger partial charge is 0.308 e. The molecule has 1 unspecified atom stereocenters. The molecule has 0 spiro atoms. The predicted molar refractivity (Wildman–Crippen MR) is 62.6 cm³/mol. The van der Waals surface area contributed by atoms with Crippen LogP contribution in [0.5, 0.6) is 0 Å². The Morgan fingerprint density at radius 1 is 1.56 bits per heavy atom. The van der Waals surface area contributed by atoms with E-state index in [1.807, 2.05) is 6.92 Å². The summed E-state index contributed by atoms with van der Waals surface area (Å²) in [7, 11) is 0. The topological polar surface area (TPSA) is 79.3 Å². The molecular formula is C12H15FN2O3. The quantitative estimate of drug-likeness (QED) is 0.753. The van der Waals surface area contributed by atoms with Crippen LogP contribution in [0.4, 0.5) is 4.39 Å². The molecule has 0 aliphatic carbocycles. The van der Waals surface area contributed by atoms with Crippen molar-refractivity contribution in [2.24, 2.45) is 5.92 Å². The standard InChI is InChI=1S/C12H15FN2O3/c1-2-3-9(12(17)18)7-15-11(16)8-4-5-14-10(13)6-8/h4-6,9H,2-3,7H2,1H3,(H,15,16)(H,17,18). The van der Waals surface area contributed by atoms with Gasteiger partial charge in [0.1, 0.15) is 0 Å². The number of carboxylic acid groups (broad SMARTS) is 1. The van der Waals surface area contributed by atoms with Gasteiger partial charge in [-0.25, -0.2) is 4.98 Å². The number of carboxylic acids is 1. The third-order valence-corrected chi connectivity index (χ3v) is 2.48. The molecular weight excluding hydrogens is 239 g/mol. The largest absolute Gasteiger partial charge is 0.481 e. The molecule has 1 rings (SSSR count). The van der Waals surface area contributed by atoms with Crippen LogP contribution in [0.15, 0.2) is 18.3 Å². The fourth-order valence-electron chi connectivity index (χ4n) is 1.52. The fourth-order valence-corrected chi connectivity index (χ4v) is 1.52. The number of aliphatic carboxylic acids is 1. The molecule has 6 heteroatoms. The van der Waals surface area contributed by atoms with Crippen LogP contribution in [0.3, 0.4) is 0 Å². The maximum atomic E-state index is 12.8. The Hall–Kier alpha value is -1.98. The summed E-state index contributed by atoms with van der Waals surface area (Å²) in [6.45, 7) is 1.90. The lowest BCUT2D eigenvalue weighted by Gasteiger charge is -2.12. The number of aromatic nitrogens is 1. The van der Waals surface area contributed by atoms with Gasteiger partial charge >= 0.3 is 5.97 Å². The number of hydrogen-bond donors (Lipinski definition) is 2. The molecule has 0 aromatic carbocycles. The Morgan fingerprint density at radius 2 is 2.28 bits per heavy atom. The summed E-state index contributed by atoms with van der Waals surface area (Å²) in [5, 5.41) is 11.4. The first-order chi connectivity index (χ1) is 8.54. The molecule has 1 aromatic rings. The van der Waals surface area contributed by atoms with Gasteiger partial charge in [0.25, 0.3) is 5.91 Å². The summed E-state index contributed by atoms with van der Waals surface area (Å²) < 4.78 is 12.8. The number of hydrogen-bond acceptors (Lipinski definition) is 3. The molecule has 0 saturated carbocycles. The minimum atomic E-state index is -0.946. The van der Waals surface area contributed by atoms with Crippen LogP contribution >= 0.6 is 0 Å². The van der Waals surface area contributed by atoms with Crippen LogP contribution in [-0.4, -0.2) is 28.5 Å². The zero-order valence-corrected chi connectivity index (χ0v) is 10.0. The molecule has 1 amide bonds. The van der Waals surface area contributed by atoms with Gasteiger partial charge in [-0.15, -0.1) is 0 Å². The molecule has 98 valence electrons. The average molecular weight is 254 g/mol. The number of amides is 1. The number of nitrogens with one attached hydrogen (secondary N) is 1. The van der Waals surface area contributed by atoms with E-state index in [2.05, 4.69) is 10.3 Å². The highest BCUT2D eigenvalue weighted by Crippen LogP contribution is 2.06. The van der Waals surface area contributed by atoms with E-state index in [1.54, 1.807) is 0 Å². The van der Waals surface area contributed by atoms with Crippen LogP contribution in [0.2, 0.25) is 0 Å². The first-order valence-corrected chi connectivity index (χ1v) is 5.67. The Bertz CT molecular complexity index is 437. The van der Waals surface area contributed by atoms with Gasteiger partial charge in [0.05, 0.1) is 5.92 Å². The number of halogens is 1. The lowest BCUT2D eigenvalue weighted by Crippen LogP contribution is -2.33. The van der Waals surface area contributed by atoms with E-state index in [-0.39, 0.29) is 12.1 Å². The van der Waals surface area contributed by atoms with E-state index >= 15 is 0 Å². The second kappa shape index (κ2) is 6.68. The van der Waals surface area contributed by atoms with Gasteiger partial charge in [0, 0.05) is 24.4 Å². The lowest BCUT2D eigenvalue weighted by molar-refractivity contribution is -0.141. The van der Waals surface area contributed by atoms with Crippen molar-refractivity contribution >= 4 is 11.9 Å². The Morgan fingerprint density at radius 3 is 2.83 bits per heavy atom. The zero-order chi connectivity index (χ0) is 13.5. The van der Waals surface area contributed by atoms with E-state index in [0.717, 1.165) is 12.5 Å². The minimum absolute atomic E-state index is 0.0337. The number of pyridine rings is 1. The Kier molecular flexibility index (Phi) is 5.23. The number of rotatable bonds is 6. The predicted octanol–water partition coefficient (Wildman–Crippen LogP) is 1.45. The molecule has 1 heterocycles. The van der Waals surface area contributed by atoms with Crippen molar-refractivity contribution in [2.75, 3.05) is 6.54 Å². The molecule has 0 radical (unpaired) electrons. The van der Waals surface area contributed by atoms with Crippen molar-refractivity contribution in [1.82, 2.24) is 10.3 Å². The van der Waals surface area contributed by atoms with Gasteiger partial charge < -0.3 is 10.4 Å². The average Bonchev–Trinajstić information content (AvgIpc) is 2.33. The van der Waals surface area contributed by atoms with E-state index in [0.29, 0.717) is 6.42 Å². The second-order valence-corrected chi connectivity index (χ2v) is 3.90. The van der Waals surface area contributed by atoms with Gasteiger partial charge in [-0.05, 0) is 12.5 Å². The van der Waals surface area contributed by atoms with Gasteiger partial charge in [-0.2, -0.15) is 4.39 Å². The fraction of sp³-hybridized carbons (Fsp3) is 0.417. The normalized spacial score (nSPS) is 11.9. The van der Waals surface area contributed by atoms with Crippen LogP contribution in [0.25, 0.3) is 0 Å². The highest BCUT2D eigenvalue weighted by Gasteiger charge is 2.17. The molecule has 1 aromatic heterocycles. The summed E-state index contributed by atoms with van der Waals surface area (Å²) in [6.07, 6.45) is 2.39. The van der Waals surface area contributed by atoms with Crippen LogP contribution < -0.4 is 5.32 Å².